The molecule has 8 heteroatoms. The van der Waals surface area contributed by atoms with Crippen LogP contribution in [0.3, 0.4) is 0 Å². The van der Waals surface area contributed by atoms with Crippen LogP contribution in [0, 0.1) is 21.7 Å². The molecule has 0 radical (unpaired) electrons. The van der Waals surface area contributed by atoms with Gasteiger partial charge in [-0.05, 0) is 18.9 Å². The molecule has 6 nitrogen and oxygen atoms in total. The molecule has 0 N–H and O–H groups in total. The molecule has 0 unspecified atom stereocenters. The predicted octanol–water partition coefficient (Wildman–Crippen LogP) is 2.04. The van der Waals surface area contributed by atoms with Crippen LogP contribution in [0.15, 0.2) is 12.1 Å². The highest BCUT2D eigenvalue weighted by Gasteiger charge is 2.28. The van der Waals surface area contributed by atoms with Crippen LogP contribution >= 0.6 is 0 Å². The van der Waals surface area contributed by atoms with Gasteiger partial charge in [0.15, 0.2) is 0 Å². The number of carbonyl (C=O) groups excluding carboxylic acids is 1. The van der Waals surface area contributed by atoms with Crippen molar-refractivity contribution < 1.29 is 23.3 Å². The third-order valence-electron chi connectivity index (χ3n) is 2.67. The van der Waals surface area contributed by atoms with E-state index in [-0.39, 0.29) is 6.54 Å². The second-order valence-corrected chi connectivity index (χ2v) is 3.99. The lowest BCUT2D eigenvalue weighted by molar-refractivity contribution is -0.387. The summed E-state index contributed by atoms with van der Waals surface area (Å²) in [6, 6.07) is 1.06. The van der Waals surface area contributed by atoms with E-state index in [2.05, 4.69) is 0 Å². The van der Waals surface area contributed by atoms with Crippen LogP contribution < -0.4 is 0 Å². The Morgan fingerprint density at radius 2 is 2.11 bits per heavy atom. The average molecular weight is 272 g/mol. The zero-order chi connectivity index (χ0) is 14.0. The number of hydrogen-bond acceptors (Lipinski definition) is 4. The second kappa shape index (κ2) is 5.27. The third kappa shape index (κ3) is 2.68. The number of carbonyl (C=O) groups is 1. The molecule has 1 amide bonds. The minimum absolute atomic E-state index is 0.239. The molecular formula is C11H10F2N2O4. The van der Waals surface area contributed by atoms with Gasteiger partial charge in [0.2, 0.25) is 5.82 Å². The van der Waals surface area contributed by atoms with Gasteiger partial charge in [-0.3, -0.25) is 19.7 Å². The SMILES string of the molecule is O=C(c1cc(F)cc([N+](=O)[O-])c1F)N1CCCCO1. The summed E-state index contributed by atoms with van der Waals surface area (Å²) < 4.78 is 27.0. The number of nitrogens with zero attached hydrogens (tertiary/aromatic N) is 2. The monoisotopic (exact) mass is 272 g/mol. The first-order valence-corrected chi connectivity index (χ1v) is 5.59. The van der Waals surface area contributed by atoms with E-state index in [4.69, 9.17) is 4.84 Å². The van der Waals surface area contributed by atoms with Gasteiger partial charge in [0.25, 0.3) is 5.91 Å². The Kier molecular flexibility index (Phi) is 3.70. The number of hydroxylamine groups is 2. The van der Waals surface area contributed by atoms with E-state index in [1.807, 2.05) is 0 Å². The van der Waals surface area contributed by atoms with Gasteiger partial charge in [0.05, 0.1) is 23.2 Å². The van der Waals surface area contributed by atoms with E-state index >= 15 is 0 Å². The standard InChI is InChI=1S/C11H10F2N2O4/c12-7-5-8(10(13)9(6-7)15(17)18)11(16)14-3-1-2-4-19-14/h5-6H,1-4H2. The molecule has 1 fully saturated rings. The van der Waals surface area contributed by atoms with Crippen molar-refractivity contribution >= 4 is 11.6 Å². The Bertz CT molecular complexity index is 530. The summed E-state index contributed by atoms with van der Waals surface area (Å²) in [6.45, 7) is 0.535. The van der Waals surface area contributed by atoms with Crippen LogP contribution in [0.25, 0.3) is 0 Å². The van der Waals surface area contributed by atoms with Crippen LogP contribution in [0.4, 0.5) is 14.5 Å². The molecule has 0 aromatic heterocycles. The first kappa shape index (κ1) is 13.3. The lowest BCUT2D eigenvalue weighted by atomic mass is 10.1. The fourth-order valence-electron chi connectivity index (χ4n) is 1.75. The quantitative estimate of drug-likeness (QED) is 0.610. The maximum atomic E-state index is 13.8. The number of hydrogen-bond donors (Lipinski definition) is 0. The smallest absolute Gasteiger partial charge is 0.271 e. The number of rotatable bonds is 2. The van der Waals surface area contributed by atoms with Gasteiger partial charge in [-0.2, -0.15) is 4.39 Å². The van der Waals surface area contributed by atoms with Crippen molar-refractivity contribution in [3.63, 3.8) is 0 Å². The highest BCUT2D eigenvalue weighted by molar-refractivity contribution is 5.94. The predicted molar refractivity (Wildman–Crippen MR) is 59.2 cm³/mol. The molecule has 1 aliphatic heterocycles. The van der Waals surface area contributed by atoms with E-state index in [1.165, 1.54) is 0 Å². The van der Waals surface area contributed by atoms with Gasteiger partial charge in [-0.1, -0.05) is 0 Å². The van der Waals surface area contributed by atoms with Crippen molar-refractivity contribution in [2.45, 2.75) is 12.8 Å². The number of nitro benzene ring substituents is 1. The van der Waals surface area contributed by atoms with Gasteiger partial charge in [-0.25, -0.2) is 9.45 Å². The Balaban J connectivity index is 2.38. The van der Waals surface area contributed by atoms with Crippen LogP contribution in [-0.4, -0.2) is 29.0 Å². The largest absolute Gasteiger partial charge is 0.308 e. The van der Waals surface area contributed by atoms with E-state index in [0.29, 0.717) is 25.2 Å². The Labute approximate surface area is 106 Å². The first-order chi connectivity index (χ1) is 9.00. The number of amides is 1. The Morgan fingerprint density at radius 1 is 1.37 bits per heavy atom. The van der Waals surface area contributed by atoms with E-state index in [0.717, 1.165) is 11.5 Å². The van der Waals surface area contributed by atoms with Crippen molar-refractivity contribution in [2.24, 2.45) is 0 Å². The van der Waals surface area contributed by atoms with Crippen LogP contribution in [0.1, 0.15) is 23.2 Å². The summed E-state index contributed by atoms with van der Waals surface area (Å²) in [5.74, 6) is -3.32. The van der Waals surface area contributed by atoms with Crippen LogP contribution in [0.5, 0.6) is 0 Å². The number of nitro groups is 1. The zero-order valence-electron chi connectivity index (χ0n) is 9.77. The molecule has 0 saturated carbocycles. The lowest BCUT2D eigenvalue weighted by Crippen LogP contribution is -2.36. The van der Waals surface area contributed by atoms with Crippen molar-refractivity contribution in [3.8, 4) is 0 Å². The number of halogens is 2. The number of benzene rings is 1. The maximum Gasteiger partial charge on any atom is 0.308 e. The van der Waals surface area contributed by atoms with E-state index in [9.17, 15) is 23.7 Å². The first-order valence-electron chi connectivity index (χ1n) is 5.59. The molecule has 0 spiro atoms. The highest BCUT2D eigenvalue weighted by Crippen LogP contribution is 2.24. The van der Waals surface area contributed by atoms with Crippen molar-refractivity contribution in [3.05, 3.63) is 39.4 Å². The van der Waals surface area contributed by atoms with Gasteiger partial charge in [0.1, 0.15) is 5.82 Å². The summed E-state index contributed by atoms with van der Waals surface area (Å²) in [6.07, 6.45) is 1.43. The Morgan fingerprint density at radius 3 is 2.68 bits per heavy atom. The minimum Gasteiger partial charge on any atom is -0.271 e. The summed E-state index contributed by atoms with van der Waals surface area (Å²) in [7, 11) is 0. The highest BCUT2D eigenvalue weighted by atomic mass is 19.1. The maximum absolute atomic E-state index is 13.8. The minimum atomic E-state index is -1.36. The fraction of sp³-hybridized carbons (Fsp3) is 0.364. The molecule has 1 heterocycles. The van der Waals surface area contributed by atoms with Gasteiger partial charge < -0.3 is 0 Å². The molecule has 2 rings (SSSR count). The molecule has 0 aliphatic carbocycles. The van der Waals surface area contributed by atoms with E-state index < -0.39 is 33.7 Å². The summed E-state index contributed by atoms with van der Waals surface area (Å²) in [4.78, 5) is 26.4. The zero-order valence-corrected chi connectivity index (χ0v) is 9.77. The molecule has 1 aromatic rings. The molecule has 1 aromatic carbocycles. The Hall–Kier alpha value is -2.09. The second-order valence-electron chi connectivity index (χ2n) is 3.99. The third-order valence-corrected chi connectivity index (χ3v) is 2.67. The van der Waals surface area contributed by atoms with Gasteiger partial charge >= 0.3 is 5.69 Å². The topological polar surface area (TPSA) is 72.7 Å². The van der Waals surface area contributed by atoms with Crippen LogP contribution in [-0.2, 0) is 4.84 Å². The van der Waals surface area contributed by atoms with Crippen molar-refractivity contribution in [1.29, 1.82) is 0 Å². The molecular weight excluding hydrogens is 262 g/mol. The molecule has 19 heavy (non-hydrogen) atoms. The molecule has 0 bridgehead atoms. The summed E-state index contributed by atoms with van der Waals surface area (Å²) >= 11 is 0. The summed E-state index contributed by atoms with van der Waals surface area (Å²) in [5, 5.41) is 11.5. The lowest BCUT2D eigenvalue weighted by Gasteiger charge is -2.25. The van der Waals surface area contributed by atoms with Gasteiger partial charge in [-0.15, -0.1) is 0 Å². The van der Waals surface area contributed by atoms with Crippen molar-refractivity contribution in [1.82, 2.24) is 5.06 Å². The molecule has 1 saturated heterocycles. The van der Waals surface area contributed by atoms with Gasteiger partial charge in [0, 0.05) is 6.54 Å². The van der Waals surface area contributed by atoms with Crippen molar-refractivity contribution in [2.75, 3.05) is 13.2 Å². The average Bonchev–Trinajstić information content (AvgIpc) is 2.41. The molecule has 102 valence electrons. The molecule has 1 aliphatic rings. The molecule has 0 atom stereocenters. The van der Waals surface area contributed by atoms with E-state index in [1.54, 1.807) is 0 Å². The normalized spacial score (nSPS) is 15.4. The van der Waals surface area contributed by atoms with Crippen LogP contribution in [0.2, 0.25) is 0 Å². The summed E-state index contributed by atoms with van der Waals surface area (Å²) in [5.41, 5.74) is -1.77. The fourth-order valence-corrected chi connectivity index (χ4v) is 1.75.